The van der Waals surface area contributed by atoms with Crippen molar-refractivity contribution in [3.63, 3.8) is 0 Å². The van der Waals surface area contributed by atoms with Crippen molar-refractivity contribution in [2.24, 2.45) is 0 Å². The quantitative estimate of drug-likeness (QED) is 0.619. The van der Waals surface area contributed by atoms with Crippen molar-refractivity contribution in [1.82, 2.24) is 0 Å². The van der Waals surface area contributed by atoms with Crippen molar-refractivity contribution in [3.05, 3.63) is 23.8 Å². The number of rotatable bonds is 7. The van der Waals surface area contributed by atoms with E-state index in [4.69, 9.17) is 19.3 Å². The van der Waals surface area contributed by atoms with Crippen LogP contribution in [0.2, 0.25) is 0 Å². The number of carbonyl (C=O) groups excluding carboxylic acids is 1. The Morgan fingerprint density at radius 3 is 2.91 bits per heavy atom. The average Bonchev–Trinajstić information content (AvgIpc) is 2.54. The highest BCUT2D eigenvalue weighted by Gasteiger charge is 2.43. The second-order valence-corrected chi connectivity index (χ2v) is 5.37. The molecular weight excluding hydrogens is 284 g/mol. The lowest BCUT2D eigenvalue weighted by Crippen LogP contribution is -2.47. The fourth-order valence-electron chi connectivity index (χ4n) is 2.58. The van der Waals surface area contributed by atoms with E-state index in [9.17, 15) is 4.79 Å². The largest absolute Gasteiger partial charge is 0.493 e. The molecule has 1 aliphatic rings. The van der Waals surface area contributed by atoms with Crippen molar-refractivity contribution in [1.29, 1.82) is 0 Å². The summed E-state index contributed by atoms with van der Waals surface area (Å²) in [6.07, 6.45) is 2.56. The Morgan fingerprint density at radius 1 is 1.41 bits per heavy atom. The van der Waals surface area contributed by atoms with Crippen LogP contribution in [0.1, 0.15) is 38.7 Å². The molecule has 0 saturated heterocycles. The van der Waals surface area contributed by atoms with Crippen LogP contribution in [0.15, 0.2) is 18.2 Å². The van der Waals surface area contributed by atoms with Crippen molar-refractivity contribution in [2.45, 2.75) is 45.1 Å². The number of fused-ring (bicyclic) bond motifs is 1. The molecule has 2 rings (SSSR count). The molecule has 0 saturated carbocycles. The average molecular weight is 308 g/mol. The summed E-state index contributed by atoms with van der Waals surface area (Å²) >= 11 is 0. The van der Waals surface area contributed by atoms with Gasteiger partial charge in [-0.15, -0.1) is 0 Å². The van der Waals surface area contributed by atoms with Gasteiger partial charge in [0.05, 0.1) is 13.2 Å². The Kier molecular flexibility index (Phi) is 5.66. The van der Waals surface area contributed by atoms with Gasteiger partial charge in [-0.3, -0.25) is 0 Å². The molecule has 1 aliphatic heterocycles. The molecule has 0 radical (unpaired) electrons. The number of hydrogen-bond donors (Lipinski definition) is 1. The van der Waals surface area contributed by atoms with Crippen LogP contribution >= 0.6 is 0 Å². The molecule has 5 nitrogen and oxygen atoms in total. The standard InChI is InChI=1S/C17H24O5/c1-3-17(16(19)20-4-2)9-8-13-6-7-14(12-15(13)22-17)21-11-5-10-18/h6-7,12,18H,3-5,8-11H2,1-2H3. The molecular formula is C17H24O5. The predicted octanol–water partition coefficient (Wildman–Crippen LogP) is 2.48. The zero-order valence-corrected chi connectivity index (χ0v) is 13.3. The van der Waals surface area contributed by atoms with Gasteiger partial charge in [-0.1, -0.05) is 13.0 Å². The fourth-order valence-corrected chi connectivity index (χ4v) is 2.58. The van der Waals surface area contributed by atoms with Gasteiger partial charge in [0.2, 0.25) is 5.60 Å². The van der Waals surface area contributed by atoms with Gasteiger partial charge in [0.15, 0.2) is 0 Å². The monoisotopic (exact) mass is 308 g/mol. The Morgan fingerprint density at radius 2 is 2.23 bits per heavy atom. The third-order valence-electron chi connectivity index (χ3n) is 3.93. The number of benzene rings is 1. The molecule has 0 amide bonds. The van der Waals surface area contributed by atoms with Gasteiger partial charge in [-0.25, -0.2) is 4.79 Å². The number of ether oxygens (including phenoxy) is 3. The topological polar surface area (TPSA) is 65.0 Å². The van der Waals surface area contributed by atoms with E-state index in [1.54, 1.807) is 6.92 Å². The first-order chi connectivity index (χ1) is 10.6. The zero-order chi connectivity index (χ0) is 16.0. The van der Waals surface area contributed by atoms with Gasteiger partial charge in [0, 0.05) is 25.5 Å². The van der Waals surface area contributed by atoms with Crippen molar-refractivity contribution >= 4 is 5.97 Å². The van der Waals surface area contributed by atoms with Crippen molar-refractivity contribution in [3.8, 4) is 11.5 Å². The Labute approximate surface area is 131 Å². The molecule has 1 aromatic carbocycles. The van der Waals surface area contributed by atoms with E-state index in [0.717, 1.165) is 12.0 Å². The van der Waals surface area contributed by atoms with Crippen LogP contribution in [0.3, 0.4) is 0 Å². The summed E-state index contributed by atoms with van der Waals surface area (Å²) in [5.41, 5.74) is 0.176. The van der Waals surface area contributed by atoms with E-state index < -0.39 is 5.60 Å². The van der Waals surface area contributed by atoms with E-state index in [0.29, 0.717) is 44.0 Å². The number of aliphatic hydroxyl groups is 1. The minimum absolute atomic E-state index is 0.100. The number of esters is 1. The van der Waals surface area contributed by atoms with Crippen LogP contribution < -0.4 is 9.47 Å². The molecule has 5 heteroatoms. The van der Waals surface area contributed by atoms with E-state index >= 15 is 0 Å². The van der Waals surface area contributed by atoms with Crippen LogP contribution in [0.5, 0.6) is 11.5 Å². The van der Waals surface area contributed by atoms with Crippen LogP contribution in [0, 0.1) is 0 Å². The molecule has 1 N–H and O–H groups in total. The number of carbonyl (C=O) groups is 1. The van der Waals surface area contributed by atoms with E-state index in [1.165, 1.54) is 0 Å². The molecule has 1 aromatic rings. The first-order valence-corrected chi connectivity index (χ1v) is 7.88. The summed E-state index contributed by atoms with van der Waals surface area (Å²) in [6.45, 7) is 4.63. The second-order valence-electron chi connectivity index (χ2n) is 5.37. The summed E-state index contributed by atoms with van der Waals surface area (Å²) in [6, 6.07) is 5.67. The fraction of sp³-hybridized carbons (Fsp3) is 0.588. The summed E-state index contributed by atoms with van der Waals surface area (Å²) in [4.78, 5) is 12.3. The predicted molar refractivity (Wildman–Crippen MR) is 82.2 cm³/mol. The van der Waals surface area contributed by atoms with E-state index in [2.05, 4.69) is 0 Å². The number of aryl methyl sites for hydroxylation is 1. The molecule has 122 valence electrons. The molecule has 0 spiro atoms. The van der Waals surface area contributed by atoms with Gasteiger partial charge in [-0.05, 0) is 31.4 Å². The van der Waals surface area contributed by atoms with Gasteiger partial charge >= 0.3 is 5.97 Å². The van der Waals surface area contributed by atoms with Crippen LogP contribution in [0.4, 0.5) is 0 Å². The van der Waals surface area contributed by atoms with E-state index in [1.807, 2.05) is 25.1 Å². The Hall–Kier alpha value is -1.75. The first kappa shape index (κ1) is 16.6. The third-order valence-corrected chi connectivity index (χ3v) is 3.93. The number of hydrogen-bond acceptors (Lipinski definition) is 5. The number of aliphatic hydroxyl groups excluding tert-OH is 1. The highest BCUT2D eigenvalue weighted by molar-refractivity contribution is 5.80. The maximum Gasteiger partial charge on any atom is 0.350 e. The maximum absolute atomic E-state index is 12.3. The zero-order valence-electron chi connectivity index (χ0n) is 13.3. The highest BCUT2D eigenvalue weighted by Crippen LogP contribution is 2.38. The lowest BCUT2D eigenvalue weighted by atomic mass is 9.88. The van der Waals surface area contributed by atoms with Crippen LogP contribution in [0.25, 0.3) is 0 Å². The third kappa shape index (κ3) is 3.53. The second kappa shape index (κ2) is 7.49. The van der Waals surface area contributed by atoms with Crippen LogP contribution in [-0.2, 0) is 16.0 Å². The Balaban J connectivity index is 2.16. The lowest BCUT2D eigenvalue weighted by Gasteiger charge is -2.35. The highest BCUT2D eigenvalue weighted by atomic mass is 16.6. The van der Waals surface area contributed by atoms with Crippen molar-refractivity contribution < 1.29 is 24.1 Å². The summed E-state index contributed by atoms with van der Waals surface area (Å²) < 4.78 is 16.8. The summed E-state index contributed by atoms with van der Waals surface area (Å²) in [5.74, 6) is 1.07. The van der Waals surface area contributed by atoms with Crippen LogP contribution in [-0.4, -0.2) is 36.5 Å². The molecule has 0 bridgehead atoms. The first-order valence-electron chi connectivity index (χ1n) is 7.88. The van der Waals surface area contributed by atoms with Gasteiger partial charge in [0.25, 0.3) is 0 Å². The minimum Gasteiger partial charge on any atom is -0.493 e. The molecule has 0 fully saturated rings. The van der Waals surface area contributed by atoms with Gasteiger partial charge in [0.1, 0.15) is 11.5 Å². The van der Waals surface area contributed by atoms with Gasteiger partial charge in [-0.2, -0.15) is 0 Å². The summed E-state index contributed by atoms with van der Waals surface area (Å²) in [7, 11) is 0. The molecule has 0 aromatic heterocycles. The molecule has 1 heterocycles. The Bertz CT molecular complexity index is 514. The molecule has 1 atom stereocenters. The molecule has 22 heavy (non-hydrogen) atoms. The maximum atomic E-state index is 12.3. The lowest BCUT2D eigenvalue weighted by molar-refractivity contribution is -0.163. The molecule has 1 unspecified atom stereocenters. The van der Waals surface area contributed by atoms with Gasteiger partial charge < -0.3 is 19.3 Å². The molecule has 0 aliphatic carbocycles. The SMILES string of the molecule is CCOC(=O)C1(CC)CCc2ccc(OCCCO)cc2O1. The van der Waals surface area contributed by atoms with E-state index in [-0.39, 0.29) is 12.6 Å². The normalized spacial score (nSPS) is 20.0. The summed E-state index contributed by atoms with van der Waals surface area (Å²) in [5, 5.41) is 8.79. The smallest absolute Gasteiger partial charge is 0.350 e. The van der Waals surface area contributed by atoms with Crippen molar-refractivity contribution in [2.75, 3.05) is 19.8 Å². The minimum atomic E-state index is -0.896.